The molecule has 0 spiro atoms. The minimum absolute atomic E-state index is 0.177. The van der Waals surface area contributed by atoms with Crippen molar-refractivity contribution >= 4 is 21.6 Å². The number of aryl methyl sites for hydroxylation is 2. The maximum atomic E-state index is 13.3. The van der Waals surface area contributed by atoms with Crippen molar-refractivity contribution in [3.63, 3.8) is 0 Å². The lowest BCUT2D eigenvalue weighted by Crippen LogP contribution is -2.55. The quantitative estimate of drug-likeness (QED) is 0.642. The molecule has 33 heavy (non-hydrogen) atoms. The van der Waals surface area contributed by atoms with Gasteiger partial charge in [-0.25, -0.2) is 8.42 Å². The molecule has 1 amide bonds. The first-order chi connectivity index (χ1) is 15.6. The summed E-state index contributed by atoms with van der Waals surface area (Å²) in [6.07, 6.45) is 1.15. The Labute approximate surface area is 195 Å². The van der Waals surface area contributed by atoms with Crippen molar-refractivity contribution in [2.24, 2.45) is 0 Å². The number of carbonyl (C=O) groups excluding carboxylic acids is 1. The van der Waals surface area contributed by atoms with E-state index >= 15 is 0 Å². The van der Waals surface area contributed by atoms with Gasteiger partial charge in [-0.3, -0.25) is 14.0 Å². The van der Waals surface area contributed by atoms with Crippen LogP contribution < -0.4 is 13.8 Å². The third-order valence-electron chi connectivity index (χ3n) is 6.20. The SMILES string of the molecule is Cc1ccc(C)c(N(C(C)C(=O)N2CCN(Cc3ccc4c(c3)OCO4)CC2)S(C)(=O)=O)c1. The van der Waals surface area contributed by atoms with Gasteiger partial charge in [0.1, 0.15) is 6.04 Å². The number of piperazine rings is 1. The summed E-state index contributed by atoms with van der Waals surface area (Å²) in [5.74, 6) is 1.36. The molecule has 4 rings (SSSR count). The molecule has 2 aromatic carbocycles. The zero-order chi connectivity index (χ0) is 23.8. The van der Waals surface area contributed by atoms with Crippen LogP contribution in [0.5, 0.6) is 11.5 Å². The molecule has 1 saturated heterocycles. The first-order valence-corrected chi connectivity index (χ1v) is 12.9. The lowest BCUT2D eigenvalue weighted by atomic mass is 10.1. The van der Waals surface area contributed by atoms with E-state index in [0.717, 1.165) is 54.1 Å². The van der Waals surface area contributed by atoms with Crippen molar-refractivity contribution in [1.29, 1.82) is 0 Å². The molecule has 1 unspecified atom stereocenters. The highest BCUT2D eigenvalue weighted by Crippen LogP contribution is 2.33. The summed E-state index contributed by atoms with van der Waals surface area (Å²) in [7, 11) is -3.64. The number of amides is 1. The van der Waals surface area contributed by atoms with E-state index < -0.39 is 16.1 Å². The zero-order valence-corrected chi connectivity index (χ0v) is 20.4. The van der Waals surface area contributed by atoms with E-state index in [1.807, 2.05) is 50.2 Å². The molecule has 2 aliphatic rings. The number of ether oxygens (including phenoxy) is 2. The number of hydrogen-bond acceptors (Lipinski definition) is 6. The predicted octanol–water partition coefficient (Wildman–Crippen LogP) is 2.53. The van der Waals surface area contributed by atoms with Crippen molar-refractivity contribution in [3.05, 3.63) is 53.1 Å². The normalized spacial score (nSPS) is 17.2. The van der Waals surface area contributed by atoms with Gasteiger partial charge in [0.15, 0.2) is 11.5 Å². The number of benzene rings is 2. The lowest BCUT2D eigenvalue weighted by molar-refractivity contribution is -0.133. The van der Waals surface area contributed by atoms with Crippen LogP contribution in [0.25, 0.3) is 0 Å². The van der Waals surface area contributed by atoms with E-state index in [1.165, 1.54) is 4.31 Å². The fourth-order valence-corrected chi connectivity index (χ4v) is 5.64. The summed E-state index contributed by atoms with van der Waals surface area (Å²) in [4.78, 5) is 17.4. The molecule has 8 nitrogen and oxygen atoms in total. The molecule has 0 radical (unpaired) electrons. The summed E-state index contributed by atoms with van der Waals surface area (Å²) < 4.78 is 37.5. The van der Waals surface area contributed by atoms with Gasteiger partial charge < -0.3 is 14.4 Å². The Morgan fingerprint density at radius 2 is 1.73 bits per heavy atom. The number of rotatable bonds is 6. The van der Waals surface area contributed by atoms with Gasteiger partial charge in [-0.1, -0.05) is 18.2 Å². The Kier molecular flexibility index (Phi) is 6.54. The van der Waals surface area contributed by atoms with E-state index in [9.17, 15) is 13.2 Å². The van der Waals surface area contributed by atoms with Crippen LogP contribution in [0, 0.1) is 13.8 Å². The number of hydrogen-bond donors (Lipinski definition) is 0. The third-order valence-corrected chi connectivity index (χ3v) is 7.42. The van der Waals surface area contributed by atoms with Crippen LogP contribution in [0.4, 0.5) is 5.69 Å². The van der Waals surface area contributed by atoms with E-state index in [4.69, 9.17) is 9.47 Å². The number of carbonyl (C=O) groups is 1. The molecule has 1 atom stereocenters. The summed E-state index contributed by atoms with van der Waals surface area (Å²) in [6.45, 7) is 9.00. The lowest BCUT2D eigenvalue weighted by Gasteiger charge is -2.38. The molecule has 2 aliphatic heterocycles. The van der Waals surface area contributed by atoms with Gasteiger partial charge in [-0.05, 0) is 55.7 Å². The highest BCUT2D eigenvalue weighted by molar-refractivity contribution is 7.92. The number of nitrogens with zero attached hydrogens (tertiary/aromatic N) is 3. The molecule has 0 aliphatic carbocycles. The average molecular weight is 474 g/mol. The van der Waals surface area contributed by atoms with Crippen LogP contribution in [-0.2, 0) is 21.4 Å². The van der Waals surface area contributed by atoms with Crippen molar-refractivity contribution in [1.82, 2.24) is 9.80 Å². The Balaban J connectivity index is 1.42. The van der Waals surface area contributed by atoms with Crippen LogP contribution in [-0.4, -0.2) is 69.4 Å². The van der Waals surface area contributed by atoms with Gasteiger partial charge >= 0.3 is 0 Å². The van der Waals surface area contributed by atoms with Crippen molar-refractivity contribution < 1.29 is 22.7 Å². The van der Waals surface area contributed by atoms with Gasteiger partial charge in [0.25, 0.3) is 0 Å². The first-order valence-electron chi connectivity index (χ1n) is 11.1. The van der Waals surface area contributed by atoms with Gasteiger partial charge in [-0.2, -0.15) is 0 Å². The molecule has 0 aromatic heterocycles. The second-order valence-corrected chi connectivity index (χ2v) is 10.7. The van der Waals surface area contributed by atoms with Crippen LogP contribution in [0.2, 0.25) is 0 Å². The summed E-state index contributed by atoms with van der Waals surface area (Å²) in [6, 6.07) is 10.8. The number of anilines is 1. The van der Waals surface area contributed by atoms with E-state index in [2.05, 4.69) is 4.90 Å². The largest absolute Gasteiger partial charge is 0.454 e. The molecule has 1 fully saturated rings. The molecular weight excluding hydrogens is 442 g/mol. The third kappa shape index (κ3) is 5.09. The smallest absolute Gasteiger partial charge is 0.246 e. The van der Waals surface area contributed by atoms with Gasteiger partial charge in [0.05, 0.1) is 11.9 Å². The molecule has 2 heterocycles. The molecule has 0 N–H and O–H groups in total. The van der Waals surface area contributed by atoms with Crippen molar-refractivity contribution in [3.8, 4) is 11.5 Å². The minimum atomic E-state index is -3.64. The molecule has 9 heteroatoms. The minimum Gasteiger partial charge on any atom is -0.454 e. The molecule has 2 aromatic rings. The highest BCUT2D eigenvalue weighted by atomic mass is 32.2. The topological polar surface area (TPSA) is 79.4 Å². The van der Waals surface area contributed by atoms with Gasteiger partial charge in [-0.15, -0.1) is 0 Å². The van der Waals surface area contributed by atoms with Crippen LogP contribution in [0.15, 0.2) is 36.4 Å². The van der Waals surface area contributed by atoms with Crippen molar-refractivity contribution in [2.45, 2.75) is 33.4 Å². The average Bonchev–Trinajstić information content (AvgIpc) is 3.23. The molecular formula is C24H31N3O5S. The molecule has 0 bridgehead atoms. The molecule has 0 saturated carbocycles. The number of sulfonamides is 1. The number of fused-ring (bicyclic) bond motifs is 1. The van der Waals surface area contributed by atoms with E-state index in [1.54, 1.807) is 11.8 Å². The standard InChI is InChI=1S/C24H31N3O5S/c1-17-5-6-18(2)21(13-17)27(33(4,29)30)19(3)24(28)26-11-9-25(10-12-26)15-20-7-8-22-23(14-20)32-16-31-22/h5-8,13-14,19H,9-12,15-16H2,1-4H3. The first kappa shape index (κ1) is 23.4. The highest BCUT2D eigenvalue weighted by Gasteiger charge is 2.34. The van der Waals surface area contributed by atoms with Crippen LogP contribution in [0.1, 0.15) is 23.6 Å². The Bertz CT molecular complexity index is 1140. The van der Waals surface area contributed by atoms with Crippen LogP contribution >= 0.6 is 0 Å². The second kappa shape index (κ2) is 9.23. The van der Waals surface area contributed by atoms with E-state index in [-0.39, 0.29) is 12.7 Å². The van der Waals surface area contributed by atoms with Crippen LogP contribution in [0.3, 0.4) is 0 Å². The fraction of sp³-hybridized carbons (Fsp3) is 0.458. The van der Waals surface area contributed by atoms with E-state index in [0.29, 0.717) is 18.8 Å². The van der Waals surface area contributed by atoms with Gasteiger partial charge in [0, 0.05) is 32.7 Å². The summed E-state index contributed by atoms with van der Waals surface area (Å²) >= 11 is 0. The Hall–Kier alpha value is -2.78. The maximum Gasteiger partial charge on any atom is 0.246 e. The van der Waals surface area contributed by atoms with Gasteiger partial charge in [0.2, 0.25) is 22.7 Å². The van der Waals surface area contributed by atoms with Crippen molar-refractivity contribution in [2.75, 3.05) is 43.5 Å². The maximum absolute atomic E-state index is 13.3. The Morgan fingerprint density at radius 1 is 1.03 bits per heavy atom. The summed E-state index contributed by atoms with van der Waals surface area (Å²) in [5, 5.41) is 0. The molecule has 178 valence electrons. The Morgan fingerprint density at radius 3 is 2.42 bits per heavy atom. The zero-order valence-electron chi connectivity index (χ0n) is 19.6. The summed E-state index contributed by atoms with van der Waals surface area (Å²) in [5.41, 5.74) is 3.45. The second-order valence-electron chi connectivity index (χ2n) is 8.81. The predicted molar refractivity (Wildman–Crippen MR) is 127 cm³/mol. The monoisotopic (exact) mass is 473 g/mol. The fourth-order valence-electron chi connectivity index (χ4n) is 4.42.